The lowest BCUT2D eigenvalue weighted by Gasteiger charge is -2.41. The highest BCUT2D eigenvalue weighted by Gasteiger charge is 2.34. The summed E-state index contributed by atoms with van der Waals surface area (Å²) in [5.41, 5.74) is 9.98. The summed E-state index contributed by atoms with van der Waals surface area (Å²) in [5, 5.41) is 0. The maximum absolute atomic E-state index is 6.42. The molecule has 2 nitrogen and oxygen atoms in total. The first-order chi connectivity index (χ1) is 10.0. The van der Waals surface area contributed by atoms with Crippen molar-refractivity contribution >= 4 is 0 Å². The number of rotatable bonds is 2. The van der Waals surface area contributed by atoms with E-state index in [4.69, 9.17) is 5.73 Å². The van der Waals surface area contributed by atoms with Gasteiger partial charge in [-0.1, -0.05) is 38.1 Å². The van der Waals surface area contributed by atoms with E-state index in [1.807, 2.05) is 0 Å². The lowest BCUT2D eigenvalue weighted by atomic mass is 9.70. The van der Waals surface area contributed by atoms with Crippen LogP contribution in [0.3, 0.4) is 0 Å². The van der Waals surface area contributed by atoms with E-state index in [1.165, 1.54) is 50.8 Å². The molecule has 1 fully saturated rings. The Morgan fingerprint density at radius 1 is 1.24 bits per heavy atom. The molecule has 21 heavy (non-hydrogen) atoms. The zero-order valence-corrected chi connectivity index (χ0v) is 13.6. The van der Waals surface area contributed by atoms with Crippen LogP contribution < -0.4 is 5.73 Å². The molecule has 1 aliphatic carbocycles. The summed E-state index contributed by atoms with van der Waals surface area (Å²) in [6, 6.07) is 9.36. The van der Waals surface area contributed by atoms with Crippen LogP contribution in [0, 0.1) is 11.3 Å². The highest BCUT2D eigenvalue weighted by molar-refractivity contribution is 5.28. The van der Waals surface area contributed by atoms with Crippen molar-refractivity contribution in [3.05, 3.63) is 35.4 Å². The first-order valence-electron chi connectivity index (χ1n) is 8.58. The van der Waals surface area contributed by atoms with Crippen LogP contribution in [-0.4, -0.2) is 24.0 Å². The summed E-state index contributed by atoms with van der Waals surface area (Å²) in [5.74, 6) is 0.666. The molecule has 1 heterocycles. The highest BCUT2D eigenvalue weighted by Crippen LogP contribution is 2.38. The van der Waals surface area contributed by atoms with Crippen molar-refractivity contribution in [2.75, 3.05) is 13.1 Å². The van der Waals surface area contributed by atoms with Crippen molar-refractivity contribution in [2.24, 2.45) is 17.1 Å². The van der Waals surface area contributed by atoms with E-state index < -0.39 is 0 Å². The van der Waals surface area contributed by atoms with Gasteiger partial charge in [-0.2, -0.15) is 0 Å². The van der Waals surface area contributed by atoms with Crippen molar-refractivity contribution in [1.82, 2.24) is 4.90 Å². The second kappa shape index (κ2) is 6.10. The quantitative estimate of drug-likeness (QED) is 0.900. The van der Waals surface area contributed by atoms with E-state index in [1.54, 1.807) is 5.56 Å². The molecule has 0 amide bonds. The van der Waals surface area contributed by atoms with Crippen LogP contribution in [0.2, 0.25) is 0 Å². The maximum atomic E-state index is 6.42. The monoisotopic (exact) mass is 286 g/mol. The van der Waals surface area contributed by atoms with Crippen LogP contribution in [-0.2, 0) is 13.0 Å². The molecule has 1 saturated carbocycles. The Labute approximate surface area is 129 Å². The number of nitrogens with zero attached hydrogens (tertiary/aromatic N) is 1. The van der Waals surface area contributed by atoms with Crippen molar-refractivity contribution in [3.63, 3.8) is 0 Å². The third-order valence-corrected chi connectivity index (χ3v) is 5.50. The van der Waals surface area contributed by atoms with Crippen LogP contribution in [0.25, 0.3) is 0 Å². The van der Waals surface area contributed by atoms with Gasteiger partial charge >= 0.3 is 0 Å². The lowest BCUT2D eigenvalue weighted by molar-refractivity contribution is 0.112. The Morgan fingerprint density at radius 2 is 2.00 bits per heavy atom. The maximum Gasteiger partial charge on any atom is 0.0236 e. The number of hydrogen-bond acceptors (Lipinski definition) is 2. The van der Waals surface area contributed by atoms with Crippen LogP contribution in [0.1, 0.15) is 50.7 Å². The molecule has 2 unspecified atom stereocenters. The third kappa shape index (κ3) is 3.67. The molecule has 116 valence electrons. The summed E-state index contributed by atoms with van der Waals surface area (Å²) < 4.78 is 0. The fourth-order valence-electron chi connectivity index (χ4n) is 4.21. The normalized spacial score (nSPS) is 29.7. The van der Waals surface area contributed by atoms with E-state index >= 15 is 0 Å². The van der Waals surface area contributed by atoms with Crippen molar-refractivity contribution < 1.29 is 0 Å². The van der Waals surface area contributed by atoms with Gasteiger partial charge < -0.3 is 5.73 Å². The zero-order valence-electron chi connectivity index (χ0n) is 13.6. The fourth-order valence-corrected chi connectivity index (χ4v) is 4.21. The molecule has 2 N–H and O–H groups in total. The Hall–Kier alpha value is -0.860. The number of hydrogen-bond donors (Lipinski definition) is 1. The molecule has 1 aliphatic heterocycles. The average molecular weight is 286 g/mol. The molecule has 1 aromatic rings. The number of benzene rings is 1. The average Bonchev–Trinajstić information content (AvgIpc) is 2.64. The predicted molar refractivity (Wildman–Crippen MR) is 89.1 cm³/mol. The third-order valence-electron chi connectivity index (χ3n) is 5.50. The summed E-state index contributed by atoms with van der Waals surface area (Å²) in [6.07, 6.45) is 6.28. The van der Waals surface area contributed by atoms with Gasteiger partial charge in [-0.05, 0) is 61.1 Å². The van der Waals surface area contributed by atoms with Crippen molar-refractivity contribution in [1.29, 1.82) is 0 Å². The van der Waals surface area contributed by atoms with Gasteiger partial charge in [-0.3, -0.25) is 4.90 Å². The Balaban J connectivity index is 1.67. The molecule has 3 rings (SSSR count). The van der Waals surface area contributed by atoms with Gasteiger partial charge in [0.2, 0.25) is 0 Å². The van der Waals surface area contributed by atoms with Crippen LogP contribution in [0.5, 0.6) is 0 Å². The minimum absolute atomic E-state index is 0.400. The summed E-state index contributed by atoms with van der Waals surface area (Å²) in [7, 11) is 0. The molecule has 2 atom stereocenters. The molecule has 0 saturated heterocycles. The first kappa shape index (κ1) is 15.1. The van der Waals surface area contributed by atoms with E-state index in [-0.39, 0.29) is 0 Å². The molecule has 2 aliphatic rings. The molecule has 1 aromatic carbocycles. The summed E-state index contributed by atoms with van der Waals surface area (Å²) in [4.78, 5) is 2.65. The molecular formula is C19H30N2. The minimum atomic E-state index is 0.400. The molecule has 2 heteroatoms. The largest absolute Gasteiger partial charge is 0.327 e. The van der Waals surface area contributed by atoms with Gasteiger partial charge in [0.15, 0.2) is 0 Å². The van der Waals surface area contributed by atoms with Crippen LogP contribution >= 0.6 is 0 Å². The van der Waals surface area contributed by atoms with E-state index in [0.29, 0.717) is 17.4 Å². The molecule has 0 spiro atoms. The summed E-state index contributed by atoms with van der Waals surface area (Å²) >= 11 is 0. The Morgan fingerprint density at radius 3 is 2.81 bits per heavy atom. The molecule has 0 radical (unpaired) electrons. The molecule has 0 bridgehead atoms. The zero-order chi connectivity index (χ0) is 14.9. The number of fused-ring (bicyclic) bond motifs is 1. The van der Waals surface area contributed by atoms with Crippen molar-refractivity contribution in [3.8, 4) is 0 Å². The van der Waals surface area contributed by atoms with Gasteiger partial charge in [0.1, 0.15) is 0 Å². The Bertz CT molecular complexity index is 480. The van der Waals surface area contributed by atoms with Gasteiger partial charge in [-0.25, -0.2) is 0 Å². The second-order valence-electron chi connectivity index (χ2n) is 7.94. The topological polar surface area (TPSA) is 29.3 Å². The number of nitrogens with two attached hydrogens (primary N) is 1. The summed E-state index contributed by atoms with van der Waals surface area (Å²) in [6.45, 7) is 8.32. The molecule has 0 aromatic heterocycles. The lowest BCUT2D eigenvalue weighted by Crippen LogP contribution is -2.45. The fraction of sp³-hybridized carbons (Fsp3) is 0.684. The van der Waals surface area contributed by atoms with Gasteiger partial charge in [0.05, 0.1) is 0 Å². The van der Waals surface area contributed by atoms with Gasteiger partial charge in [0, 0.05) is 19.1 Å². The van der Waals surface area contributed by atoms with Crippen molar-refractivity contribution in [2.45, 2.75) is 58.5 Å². The molecular weight excluding hydrogens is 256 g/mol. The van der Waals surface area contributed by atoms with Crippen LogP contribution in [0.15, 0.2) is 24.3 Å². The van der Waals surface area contributed by atoms with Gasteiger partial charge in [-0.15, -0.1) is 0 Å². The van der Waals surface area contributed by atoms with E-state index in [2.05, 4.69) is 43.0 Å². The van der Waals surface area contributed by atoms with E-state index in [0.717, 1.165) is 6.54 Å². The SMILES string of the molecule is CC1(C)CCC(N)C(CN2CCCc3ccccc3C2)C1. The predicted octanol–water partition coefficient (Wildman–Crippen LogP) is 3.59. The van der Waals surface area contributed by atoms with Gasteiger partial charge in [0.25, 0.3) is 0 Å². The first-order valence-corrected chi connectivity index (χ1v) is 8.58. The highest BCUT2D eigenvalue weighted by atomic mass is 15.1. The van der Waals surface area contributed by atoms with Crippen LogP contribution in [0.4, 0.5) is 0 Å². The van der Waals surface area contributed by atoms with E-state index in [9.17, 15) is 0 Å². The second-order valence-corrected chi connectivity index (χ2v) is 7.94. The number of aryl methyl sites for hydroxylation is 1. The standard InChI is InChI=1S/C19H30N2/c1-19(2)10-9-18(20)17(12-19)14-21-11-5-8-15-6-3-4-7-16(15)13-21/h3-4,6-7,17-18H,5,8-14,20H2,1-2H3. The smallest absolute Gasteiger partial charge is 0.0236 e. The Kier molecular flexibility index (Phi) is 4.37. The minimum Gasteiger partial charge on any atom is -0.327 e.